The molecule has 0 saturated carbocycles. The first-order valence-corrected chi connectivity index (χ1v) is 3.38. The molecule has 1 N–H and O–H groups in total. The van der Waals surface area contributed by atoms with Crippen molar-refractivity contribution < 1.29 is 9.85 Å². The van der Waals surface area contributed by atoms with Gasteiger partial charge in [0.25, 0.3) is 0 Å². The minimum absolute atomic E-state index is 0.0278. The molecule has 0 bridgehead atoms. The van der Waals surface area contributed by atoms with E-state index in [9.17, 15) is 5.21 Å². The minimum Gasteiger partial charge on any atom is -0.217 e. The molecule has 0 aromatic heterocycles. The summed E-state index contributed by atoms with van der Waals surface area (Å²) < 4.78 is 0.0451. The van der Waals surface area contributed by atoms with Crippen molar-refractivity contribution in [3.05, 3.63) is 0 Å². The molecule has 9 heavy (non-hydrogen) atoms. The summed E-state index contributed by atoms with van der Waals surface area (Å²) in [5, 5.41) is 9.48. The van der Waals surface area contributed by atoms with E-state index in [4.69, 9.17) is 0 Å². The molecule has 0 spiro atoms. The van der Waals surface area contributed by atoms with Gasteiger partial charge in [0.15, 0.2) is 0 Å². The van der Waals surface area contributed by atoms with Gasteiger partial charge in [0.2, 0.25) is 0 Å². The second-order valence-electron chi connectivity index (χ2n) is 3.56. The van der Waals surface area contributed by atoms with Crippen LogP contribution in [-0.4, -0.2) is 29.5 Å². The molecule has 0 aromatic rings. The highest BCUT2D eigenvalue weighted by molar-refractivity contribution is 4.62. The third-order valence-electron chi connectivity index (χ3n) is 2.35. The number of nitrogens with zero attached hydrogens (tertiary/aromatic N) is 1. The van der Waals surface area contributed by atoms with Crippen LogP contribution in [0, 0.1) is 0 Å². The van der Waals surface area contributed by atoms with Crippen LogP contribution in [-0.2, 0) is 0 Å². The molecule has 0 rings (SSSR count). The fourth-order valence-corrected chi connectivity index (χ4v) is 0.387. The van der Waals surface area contributed by atoms with E-state index in [0.29, 0.717) is 0 Å². The predicted molar refractivity (Wildman–Crippen MR) is 38.3 cm³/mol. The average molecular weight is 132 g/mol. The second kappa shape index (κ2) is 2.27. The van der Waals surface area contributed by atoms with E-state index in [0.717, 1.165) is 6.42 Å². The van der Waals surface area contributed by atoms with Gasteiger partial charge in [-0.1, -0.05) is 6.92 Å². The molecule has 0 saturated heterocycles. The summed E-state index contributed by atoms with van der Waals surface area (Å²) in [5.41, 5.74) is -0.0278. The summed E-state index contributed by atoms with van der Waals surface area (Å²) in [4.78, 5) is 0. The molecule has 0 aliphatic rings. The molecule has 56 valence electrons. The van der Waals surface area contributed by atoms with E-state index in [1.807, 2.05) is 13.8 Å². The van der Waals surface area contributed by atoms with Crippen molar-refractivity contribution in [3.63, 3.8) is 0 Å². The Hall–Kier alpha value is -0.0800. The van der Waals surface area contributed by atoms with Gasteiger partial charge in [-0.3, -0.25) is 0 Å². The maximum absolute atomic E-state index is 9.48. The lowest BCUT2D eigenvalue weighted by atomic mass is 10.0. The third kappa shape index (κ3) is 1.95. The van der Waals surface area contributed by atoms with E-state index in [1.165, 1.54) is 0 Å². The van der Waals surface area contributed by atoms with E-state index >= 15 is 0 Å². The number of rotatable bonds is 2. The molecule has 2 heteroatoms. The fourth-order valence-electron chi connectivity index (χ4n) is 0.387. The van der Waals surface area contributed by atoms with Crippen LogP contribution < -0.4 is 0 Å². The molecule has 0 radical (unpaired) electrons. The van der Waals surface area contributed by atoms with Gasteiger partial charge in [-0.2, -0.15) is 4.65 Å². The van der Waals surface area contributed by atoms with Crippen LogP contribution in [0.3, 0.4) is 0 Å². The third-order valence-corrected chi connectivity index (χ3v) is 2.35. The van der Waals surface area contributed by atoms with E-state index < -0.39 is 0 Å². The first kappa shape index (κ1) is 8.92. The Morgan fingerprint density at radius 1 is 1.33 bits per heavy atom. The van der Waals surface area contributed by atoms with E-state index in [2.05, 4.69) is 6.92 Å². The van der Waals surface area contributed by atoms with Crippen molar-refractivity contribution in [2.24, 2.45) is 0 Å². The first-order valence-electron chi connectivity index (χ1n) is 3.38. The minimum atomic E-state index is -0.0278. The lowest BCUT2D eigenvalue weighted by Crippen LogP contribution is -2.53. The Bertz CT molecular complexity index is 91.6. The molecule has 0 fully saturated rings. The lowest BCUT2D eigenvalue weighted by Gasteiger charge is -2.36. The highest BCUT2D eigenvalue weighted by Gasteiger charge is 2.33. The van der Waals surface area contributed by atoms with Gasteiger partial charge in [-0.05, 0) is 13.8 Å². The van der Waals surface area contributed by atoms with Crippen LogP contribution in [0.25, 0.3) is 0 Å². The molecule has 0 aliphatic carbocycles. The van der Waals surface area contributed by atoms with E-state index in [-0.39, 0.29) is 10.2 Å². The summed E-state index contributed by atoms with van der Waals surface area (Å²) in [5.74, 6) is 0. The highest BCUT2D eigenvalue weighted by atomic mass is 16.5. The molecule has 0 atom stereocenters. The summed E-state index contributed by atoms with van der Waals surface area (Å²) >= 11 is 0. The highest BCUT2D eigenvalue weighted by Crippen LogP contribution is 2.19. The van der Waals surface area contributed by atoms with Crippen molar-refractivity contribution in [3.8, 4) is 0 Å². The maximum atomic E-state index is 9.48. The number of quaternary nitrogens is 1. The molecule has 0 aliphatic heterocycles. The predicted octanol–water partition coefficient (Wildman–Crippen LogP) is 1.64. The smallest absolute Gasteiger partial charge is 0.122 e. The Morgan fingerprint density at radius 2 is 1.67 bits per heavy atom. The molecule has 0 aromatic carbocycles. The van der Waals surface area contributed by atoms with Gasteiger partial charge < -0.3 is 0 Å². The number of hydrogen-bond donors (Lipinski definition) is 1. The molecule has 0 heterocycles. The molecule has 0 amide bonds. The summed E-state index contributed by atoms with van der Waals surface area (Å²) in [6.45, 7) is 6.18. The van der Waals surface area contributed by atoms with Crippen LogP contribution in [0.1, 0.15) is 27.2 Å². The van der Waals surface area contributed by atoms with Crippen molar-refractivity contribution >= 4 is 0 Å². The molecular weight excluding hydrogens is 114 g/mol. The van der Waals surface area contributed by atoms with Crippen LogP contribution in [0.4, 0.5) is 0 Å². The van der Waals surface area contributed by atoms with Crippen molar-refractivity contribution in [1.82, 2.24) is 0 Å². The van der Waals surface area contributed by atoms with Gasteiger partial charge in [-0.15, -0.1) is 0 Å². The molecule has 0 unspecified atom stereocenters. The normalized spacial score (nSPS) is 14.0. The Labute approximate surface area is 57.6 Å². The van der Waals surface area contributed by atoms with Gasteiger partial charge in [-0.25, -0.2) is 5.21 Å². The lowest BCUT2D eigenvalue weighted by molar-refractivity contribution is -1.11. The second-order valence-corrected chi connectivity index (χ2v) is 3.56. The van der Waals surface area contributed by atoms with E-state index in [1.54, 1.807) is 14.1 Å². The standard InChI is InChI=1S/C7H18NO/c1-6-7(2,3)8(4,5)9/h9H,6H2,1-5H3/q+1. The zero-order chi connectivity index (χ0) is 7.71. The van der Waals surface area contributed by atoms with Gasteiger partial charge >= 0.3 is 0 Å². The van der Waals surface area contributed by atoms with Crippen LogP contribution in [0.2, 0.25) is 0 Å². The van der Waals surface area contributed by atoms with Crippen molar-refractivity contribution in [2.75, 3.05) is 14.1 Å². The largest absolute Gasteiger partial charge is 0.217 e. The topological polar surface area (TPSA) is 20.2 Å². The Kier molecular flexibility index (Phi) is 2.25. The average Bonchev–Trinajstić information content (AvgIpc) is 1.64. The number of hydrogen-bond acceptors (Lipinski definition) is 1. The van der Waals surface area contributed by atoms with Gasteiger partial charge in [0.05, 0.1) is 14.1 Å². The maximum Gasteiger partial charge on any atom is 0.122 e. The first-order chi connectivity index (χ1) is 3.81. The van der Waals surface area contributed by atoms with Gasteiger partial charge in [0.1, 0.15) is 5.54 Å². The Balaban J connectivity index is 4.14. The SMILES string of the molecule is CCC(C)(C)[N+](C)(C)O. The molecular formula is C7H18NO+. The fraction of sp³-hybridized carbons (Fsp3) is 1.00. The number of hydroxylamine groups is 3. The zero-order valence-corrected chi connectivity index (χ0v) is 7.10. The monoisotopic (exact) mass is 132 g/mol. The molecule has 2 nitrogen and oxygen atoms in total. The quantitative estimate of drug-likeness (QED) is 0.447. The van der Waals surface area contributed by atoms with Crippen LogP contribution >= 0.6 is 0 Å². The Morgan fingerprint density at radius 3 is 1.67 bits per heavy atom. The van der Waals surface area contributed by atoms with Crippen LogP contribution in [0.5, 0.6) is 0 Å². The summed E-state index contributed by atoms with van der Waals surface area (Å²) in [7, 11) is 3.59. The zero-order valence-electron chi connectivity index (χ0n) is 7.10. The van der Waals surface area contributed by atoms with Gasteiger partial charge in [0, 0.05) is 6.42 Å². The summed E-state index contributed by atoms with van der Waals surface area (Å²) in [6.07, 6.45) is 0.983. The van der Waals surface area contributed by atoms with Crippen molar-refractivity contribution in [1.29, 1.82) is 0 Å². The summed E-state index contributed by atoms with van der Waals surface area (Å²) in [6, 6.07) is 0. The van der Waals surface area contributed by atoms with Crippen molar-refractivity contribution in [2.45, 2.75) is 32.7 Å². The van der Waals surface area contributed by atoms with Crippen LogP contribution in [0.15, 0.2) is 0 Å².